The molecule has 0 fully saturated rings. The molecule has 2 aromatic rings. The van der Waals surface area contributed by atoms with E-state index in [1.807, 2.05) is 57.3 Å². The Balaban J connectivity index is 1.88. The van der Waals surface area contributed by atoms with E-state index in [9.17, 15) is 9.90 Å². The highest BCUT2D eigenvalue weighted by atomic mass is 16.3. The summed E-state index contributed by atoms with van der Waals surface area (Å²) in [6.07, 6.45) is 3.07. The van der Waals surface area contributed by atoms with Crippen molar-refractivity contribution in [3.05, 3.63) is 48.3 Å². The lowest BCUT2D eigenvalue weighted by molar-refractivity contribution is -0.124. The van der Waals surface area contributed by atoms with Crippen molar-refractivity contribution < 1.29 is 9.90 Å². The number of amides is 1. The summed E-state index contributed by atoms with van der Waals surface area (Å²) in [5, 5.41) is 17.0. The lowest BCUT2D eigenvalue weighted by Gasteiger charge is -2.25. The number of para-hydroxylation sites is 1. The molecule has 1 aromatic heterocycles. The van der Waals surface area contributed by atoms with Gasteiger partial charge in [0.2, 0.25) is 5.91 Å². The molecule has 118 valence electrons. The second-order valence-corrected chi connectivity index (χ2v) is 6.49. The number of rotatable bonds is 5. The van der Waals surface area contributed by atoms with E-state index >= 15 is 0 Å². The van der Waals surface area contributed by atoms with Gasteiger partial charge in [0.15, 0.2) is 0 Å². The predicted octanol–water partition coefficient (Wildman–Crippen LogP) is 2.29. The molecule has 0 saturated carbocycles. The van der Waals surface area contributed by atoms with Gasteiger partial charge in [0, 0.05) is 18.3 Å². The van der Waals surface area contributed by atoms with Gasteiger partial charge in [0.05, 0.1) is 24.4 Å². The van der Waals surface area contributed by atoms with Crippen LogP contribution in [0.5, 0.6) is 0 Å². The van der Waals surface area contributed by atoms with Gasteiger partial charge in [-0.2, -0.15) is 5.10 Å². The fraction of sp³-hybridized carbons (Fsp3) is 0.412. The van der Waals surface area contributed by atoms with Crippen LogP contribution in [0.2, 0.25) is 0 Å². The van der Waals surface area contributed by atoms with Crippen LogP contribution in [-0.4, -0.2) is 26.9 Å². The normalized spacial score (nSPS) is 12.9. The monoisotopic (exact) mass is 301 g/mol. The molecule has 1 heterocycles. The van der Waals surface area contributed by atoms with E-state index in [-0.39, 0.29) is 17.7 Å². The minimum absolute atomic E-state index is 0.107. The Bertz CT molecular complexity index is 614. The van der Waals surface area contributed by atoms with E-state index in [0.717, 1.165) is 11.3 Å². The van der Waals surface area contributed by atoms with Gasteiger partial charge >= 0.3 is 0 Å². The van der Waals surface area contributed by atoms with Crippen LogP contribution in [0.25, 0.3) is 5.69 Å². The van der Waals surface area contributed by atoms with Crippen molar-refractivity contribution in [3.8, 4) is 5.69 Å². The number of nitrogens with zero attached hydrogens (tertiary/aromatic N) is 2. The van der Waals surface area contributed by atoms with E-state index in [0.29, 0.717) is 6.54 Å². The van der Waals surface area contributed by atoms with Crippen LogP contribution in [0, 0.1) is 5.41 Å². The molecule has 5 nitrogen and oxygen atoms in total. The number of aromatic nitrogens is 2. The van der Waals surface area contributed by atoms with Crippen molar-refractivity contribution in [3.63, 3.8) is 0 Å². The topological polar surface area (TPSA) is 67.2 Å². The predicted molar refractivity (Wildman–Crippen MR) is 85.5 cm³/mol. The first kappa shape index (κ1) is 16.2. The third kappa shape index (κ3) is 4.43. The lowest BCUT2D eigenvalue weighted by atomic mass is 9.87. The summed E-state index contributed by atoms with van der Waals surface area (Å²) in [6, 6.07) is 9.79. The van der Waals surface area contributed by atoms with Gasteiger partial charge in [-0.25, -0.2) is 4.68 Å². The van der Waals surface area contributed by atoms with Crippen molar-refractivity contribution in [1.82, 2.24) is 15.1 Å². The van der Waals surface area contributed by atoms with Crippen LogP contribution in [0.15, 0.2) is 42.7 Å². The van der Waals surface area contributed by atoms with E-state index in [1.54, 1.807) is 10.9 Å². The first-order valence-corrected chi connectivity index (χ1v) is 7.40. The summed E-state index contributed by atoms with van der Waals surface area (Å²) in [5.41, 5.74) is 1.60. The molecule has 2 rings (SSSR count). The van der Waals surface area contributed by atoms with Crippen LogP contribution in [0.3, 0.4) is 0 Å². The summed E-state index contributed by atoms with van der Waals surface area (Å²) in [6.45, 7) is 6.14. The Kier molecular flexibility index (Phi) is 4.98. The van der Waals surface area contributed by atoms with Crippen LogP contribution in [0.1, 0.15) is 32.8 Å². The Morgan fingerprint density at radius 2 is 2.00 bits per heavy atom. The number of nitrogens with one attached hydrogen (secondary N) is 1. The number of hydrogen-bond donors (Lipinski definition) is 2. The molecule has 0 aliphatic rings. The largest absolute Gasteiger partial charge is 0.392 e. The van der Waals surface area contributed by atoms with Gasteiger partial charge in [-0.1, -0.05) is 39.0 Å². The van der Waals surface area contributed by atoms with E-state index in [4.69, 9.17) is 0 Å². The Morgan fingerprint density at radius 3 is 2.64 bits per heavy atom. The molecule has 1 aromatic carbocycles. The molecule has 0 saturated heterocycles. The van der Waals surface area contributed by atoms with Crippen LogP contribution < -0.4 is 5.32 Å². The summed E-state index contributed by atoms with van der Waals surface area (Å²) in [5.74, 6) is -0.158. The second-order valence-electron chi connectivity index (χ2n) is 6.49. The van der Waals surface area contributed by atoms with Gasteiger partial charge in [-0.05, 0) is 17.5 Å². The average Bonchev–Trinajstić information content (AvgIpc) is 2.94. The highest BCUT2D eigenvalue weighted by molar-refractivity contribution is 5.76. The maximum Gasteiger partial charge on any atom is 0.222 e. The highest BCUT2D eigenvalue weighted by Gasteiger charge is 2.24. The summed E-state index contributed by atoms with van der Waals surface area (Å²) < 4.78 is 1.77. The van der Waals surface area contributed by atoms with Crippen LogP contribution in [0.4, 0.5) is 0 Å². The smallest absolute Gasteiger partial charge is 0.222 e. The number of aliphatic hydroxyl groups excluding tert-OH is 1. The molecule has 0 spiro atoms. The Labute approximate surface area is 131 Å². The molecular formula is C17H23N3O2. The number of carbonyl (C=O) groups is 1. The molecule has 2 N–H and O–H groups in total. The van der Waals surface area contributed by atoms with Gasteiger partial charge in [0.1, 0.15) is 0 Å². The standard InChI is InChI=1S/C17H23N3O2/c1-17(2,3)15(21)9-16(22)18-10-13-11-19-20(12-13)14-7-5-4-6-8-14/h4-8,11-12,15,21H,9-10H2,1-3H3,(H,18,22)/t15-/m0/s1. The summed E-state index contributed by atoms with van der Waals surface area (Å²) >= 11 is 0. The number of aliphatic hydroxyl groups is 1. The molecule has 1 amide bonds. The minimum Gasteiger partial charge on any atom is -0.392 e. The van der Waals surface area contributed by atoms with Crippen molar-refractivity contribution in [2.75, 3.05) is 0 Å². The molecule has 0 radical (unpaired) electrons. The number of hydrogen-bond acceptors (Lipinski definition) is 3. The molecule has 0 aliphatic carbocycles. The van der Waals surface area contributed by atoms with Gasteiger partial charge in [-0.15, -0.1) is 0 Å². The second kappa shape index (κ2) is 6.75. The van der Waals surface area contributed by atoms with Crippen molar-refractivity contribution in [2.45, 2.75) is 39.8 Å². The Morgan fingerprint density at radius 1 is 1.32 bits per heavy atom. The van der Waals surface area contributed by atoms with E-state index in [2.05, 4.69) is 10.4 Å². The maximum absolute atomic E-state index is 11.9. The molecular weight excluding hydrogens is 278 g/mol. The lowest BCUT2D eigenvalue weighted by Crippen LogP contribution is -2.33. The van der Waals surface area contributed by atoms with Crippen molar-refractivity contribution in [1.29, 1.82) is 0 Å². The SMILES string of the molecule is CC(C)(C)[C@@H](O)CC(=O)NCc1cnn(-c2ccccc2)c1. The Hall–Kier alpha value is -2.14. The zero-order chi connectivity index (χ0) is 16.2. The van der Waals surface area contributed by atoms with E-state index in [1.165, 1.54) is 0 Å². The molecule has 0 aliphatic heterocycles. The van der Waals surface area contributed by atoms with Crippen molar-refractivity contribution >= 4 is 5.91 Å². The van der Waals surface area contributed by atoms with Gasteiger partial charge in [-0.3, -0.25) is 4.79 Å². The fourth-order valence-electron chi connectivity index (χ4n) is 1.93. The maximum atomic E-state index is 11.9. The minimum atomic E-state index is -0.653. The zero-order valence-corrected chi connectivity index (χ0v) is 13.3. The number of carbonyl (C=O) groups excluding carboxylic acids is 1. The molecule has 0 bridgehead atoms. The third-order valence-electron chi connectivity index (χ3n) is 3.52. The number of benzene rings is 1. The molecule has 22 heavy (non-hydrogen) atoms. The summed E-state index contributed by atoms with van der Waals surface area (Å²) in [4.78, 5) is 11.9. The molecule has 0 unspecified atom stereocenters. The van der Waals surface area contributed by atoms with E-state index < -0.39 is 6.10 Å². The highest BCUT2D eigenvalue weighted by Crippen LogP contribution is 2.21. The zero-order valence-electron chi connectivity index (χ0n) is 13.3. The average molecular weight is 301 g/mol. The first-order chi connectivity index (χ1) is 10.4. The van der Waals surface area contributed by atoms with Crippen LogP contribution >= 0.6 is 0 Å². The van der Waals surface area contributed by atoms with Crippen molar-refractivity contribution in [2.24, 2.45) is 5.41 Å². The van der Waals surface area contributed by atoms with Gasteiger partial charge < -0.3 is 10.4 Å². The molecule has 1 atom stereocenters. The summed E-state index contributed by atoms with van der Waals surface area (Å²) in [7, 11) is 0. The van der Waals surface area contributed by atoms with Crippen LogP contribution in [-0.2, 0) is 11.3 Å². The first-order valence-electron chi connectivity index (χ1n) is 7.40. The third-order valence-corrected chi connectivity index (χ3v) is 3.52. The molecule has 5 heteroatoms. The van der Waals surface area contributed by atoms with Gasteiger partial charge in [0.25, 0.3) is 0 Å². The fourth-order valence-corrected chi connectivity index (χ4v) is 1.93. The quantitative estimate of drug-likeness (QED) is 0.890.